The van der Waals surface area contributed by atoms with Crippen molar-refractivity contribution in [2.45, 2.75) is 52.4 Å². The van der Waals surface area contributed by atoms with Crippen molar-refractivity contribution in [3.8, 4) is 16.9 Å². The molecule has 0 aliphatic carbocycles. The first-order chi connectivity index (χ1) is 17.9. The lowest BCUT2D eigenvalue weighted by Crippen LogP contribution is -2.13. The molecule has 206 valence electrons. The maximum Gasteiger partial charge on any atom is 0.339 e. The van der Waals surface area contributed by atoms with Crippen LogP contribution in [0, 0.1) is 0 Å². The van der Waals surface area contributed by atoms with E-state index in [1.807, 2.05) is 6.07 Å². The third-order valence-corrected chi connectivity index (χ3v) is 6.50. The van der Waals surface area contributed by atoms with Crippen molar-refractivity contribution in [3.63, 3.8) is 0 Å². The Morgan fingerprint density at radius 2 is 1.37 bits per heavy atom. The summed E-state index contributed by atoms with van der Waals surface area (Å²) in [5.74, 6) is -0.700. The lowest BCUT2D eigenvalue weighted by Gasteiger charge is -2.24. The summed E-state index contributed by atoms with van der Waals surface area (Å²) in [6.07, 6.45) is 0. The van der Waals surface area contributed by atoms with Crippen LogP contribution in [0.5, 0.6) is 5.75 Å². The van der Waals surface area contributed by atoms with E-state index < -0.39 is 5.97 Å². The average molecular weight is 523 g/mol. The van der Waals surface area contributed by atoms with E-state index in [4.69, 9.17) is 18.9 Å². The van der Waals surface area contributed by atoms with Crippen LogP contribution in [0.1, 0.15) is 63.0 Å². The summed E-state index contributed by atoms with van der Waals surface area (Å²) in [6.45, 7) is 15.7. The van der Waals surface area contributed by atoms with Crippen LogP contribution in [-0.4, -0.2) is 57.8 Å². The number of ether oxygens (including phenoxy) is 4. The monoisotopic (exact) mass is 522 g/mol. The molecule has 0 atom stereocenters. The number of fused-ring (bicyclic) bond motifs is 1. The minimum Gasteiger partial charge on any atom is -0.490 e. The standard InChI is InChI=1S/C32H42O6/c1-31(2,3)24-10-8-22-18-25(32(4,5)6)21-27(26(22)20-24)23-9-11-29(28(19-23)30(33)34)38-17-16-37-15-14-36-13-12-35-7/h8-11,18-21H,12-17H2,1-7H3,(H,33,34). The number of benzene rings is 3. The Labute approximate surface area is 226 Å². The lowest BCUT2D eigenvalue weighted by molar-refractivity contribution is 0.0178. The summed E-state index contributed by atoms with van der Waals surface area (Å²) < 4.78 is 21.6. The van der Waals surface area contributed by atoms with Gasteiger partial charge in [0, 0.05) is 7.11 Å². The molecule has 0 fully saturated rings. The second kappa shape index (κ2) is 12.7. The molecule has 3 aromatic carbocycles. The van der Waals surface area contributed by atoms with Gasteiger partial charge in [0.05, 0.1) is 33.0 Å². The van der Waals surface area contributed by atoms with Crippen LogP contribution in [0.25, 0.3) is 21.9 Å². The van der Waals surface area contributed by atoms with Crippen molar-refractivity contribution in [3.05, 3.63) is 65.2 Å². The van der Waals surface area contributed by atoms with E-state index in [1.54, 1.807) is 19.2 Å². The fourth-order valence-corrected chi connectivity index (χ4v) is 4.16. The highest BCUT2D eigenvalue weighted by Crippen LogP contribution is 2.38. The summed E-state index contributed by atoms with van der Waals surface area (Å²) in [5.41, 5.74) is 4.37. The van der Waals surface area contributed by atoms with Gasteiger partial charge in [0.15, 0.2) is 0 Å². The first-order valence-electron chi connectivity index (χ1n) is 13.2. The number of hydrogen-bond donors (Lipinski definition) is 1. The Hall–Kier alpha value is -2.93. The number of carboxylic acids is 1. The molecule has 6 nitrogen and oxygen atoms in total. The van der Waals surface area contributed by atoms with Crippen LogP contribution in [-0.2, 0) is 25.0 Å². The molecule has 0 heterocycles. The Kier molecular flexibility index (Phi) is 9.94. The minimum absolute atomic E-state index is 0.00377. The topological polar surface area (TPSA) is 74.2 Å². The molecule has 0 unspecified atom stereocenters. The van der Waals surface area contributed by atoms with Gasteiger partial charge in [-0.05, 0) is 62.1 Å². The second-order valence-electron chi connectivity index (χ2n) is 11.5. The Balaban J connectivity index is 1.88. The van der Waals surface area contributed by atoms with Crippen LogP contribution >= 0.6 is 0 Å². The van der Waals surface area contributed by atoms with Crippen LogP contribution in [0.2, 0.25) is 0 Å². The van der Waals surface area contributed by atoms with Gasteiger partial charge in [-0.2, -0.15) is 0 Å². The second-order valence-corrected chi connectivity index (χ2v) is 11.5. The molecule has 0 spiro atoms. The number of carbonyl (C=O) groups is 1. The summed E-state index contributed by atoms with van der Waals surface area (Å²) in [6, 6.07) is 16.4. The molecule has 0 amide bonds. The Bertz CT molecular complexity index is 1230. The summed E-state index contributed by atoms with van der Waals surface area (Å²) in [7, 11) is 1.63. The fourth-order valence-electron chi connectivity index (χ4n) is 4.16. The third-order valence-electron chi connectivity index (χ3n) is 6.50. The number of carboxylic acid groups (broad SMARTS) is 1. The van der Waals surface area contributed by atoms with Gasteiger partial charge in [-0.1, -0.05) is 71.9 Å². The summed E-state index contributed by atoms with van der Waals surface area (Å²) >= 11 is 0. The molecular formula is C32H42O6. The van der Waals surface area contributed by atoms with Crippen LogP contribution in [0.3, 0.4) is 0 Å². The van der Waals surface area contributed by atoms with E-state index in [1.165, 1.54) is 11.1 Å². The summed E-state index contributed by atoms with van der Waals surface area (Å²) in [5, 5.41) is 12.2. The highest BCUT2D eigenvalue weighted by molar-refractivity contribution is 6.00. The van der Waals surface area contributed by atoms with E-state index in [0.717, 1.165) is 21.9 Å². The van der Waals surface area contributed by atoms with Crippen molar-refractivity contribution >= 4 is 16.7 Å². The lowest BCUT2D eigenvalue weighted by atomic mass is 9.81. The van der Waals surface area contributed by atoms with Crippen molar-refractivity contribution in [2.24, 2.45) is 0 Å². The normalized spacial score (nSPS) is 12.2. The molecule has 0 radical (unpaired) electrons. The van der Waals surface area contributed by atoms with E-state index in [9.17, 15) is 9.90 Å². The Morgan fingerprint density at radius 3 is 1.97 bits per heavy atom. The van der Waals surface area contributed by atoms with Gasteiger partial charge in [-0.3, -0.25) is 0 Å². The molecule has 0 saturated carbocycles. The molecule has 38 heavy (non-hydrogen) atoms. The van der Waals surface area contributed by atoms with Crippen molar-refractivity contribution < 1.29 is 28.8 Å². The van der Waals surface area contributed by atoms with Gasteiger partial charge in [0.2, 0.25) is 0 Å². The van der Waals surface area contributed by atoms with Crippen LogP contribution in [0.15, 0.2) is 48.5 Å². The van der Waals surface area contributed by atoms with Gasteiger partial charge >= 0.3 is 5.97 Å². The van der Waals surface area contributed by atoms with Gasteiger partial charge in [0.25, 0.3) is 0 Å². The zero-order valence-electron chi connectivity index (χ0n) is 23.8. The maximum atomic E-state index is 12.2. The predicted molar refractivity (Wildman–Crippen MR) is 153 cm³/mol. The number of hydrogen-bond acceptors (Lipinski definition) is 5. The van der Waals surface area contributed by atoms with E-state index >= 15 is 0 Å². The smallest absolute Gasteiger partial charge is 0.339 e. The van der Waals surface area contributed by atoms with Gasteiger partial charge in [-0.15, -0.1) is 0 Å². The molecule has 0 aromatic heterocycles. The first-order valence-corrected chi connectivity index (χ1v) is 13.2. The first kappa shape index (κ1) is 29.6. The highest BCUT2D eigenvalue weighted by atomic mass is 16.6. The van der Waals surface area contributed by atoms with Crippen molar-refractivity contribution in [2.75, 3.05) is 46.8 Å². The van der Waals surface area contributed by atoms with E-state index in [0.29, 0.717) is 38.8 Å². The van der Waals surface area contributed by atoms with Crippen molar-refractivity contribution in [1.29, 1.82) is 0 Å². The molecule has 1 N–H and O–H groups in total. The maximum absolute atomic E-state index is 12.2. The third kappa shape index (κ3) is 7.79. The van der Waals surface area contributed by atoms with Gasteiger partial charge < -0.3 is 24.1 Å². The predicted octanol–water partition coefficient (Wildman–Crippen LogP) is 6.86. The van der Waals surface area contributed by atoms with E-state index in [2.05, 4.69) is 71.9 Å². The van der Waals surface area contributed by atoms with Gasteiger partial charge in [0.1, 0.15) is 17.9 Å². The molecule has 0 aliphatic heterocycles. The Morgan fingerprint density at radius 1 is 0.737 bits per heavy atom. The molecule has 3 rings (SSSR count). The SMILES string of the molecule is COCCOCCOCCOc1ccc(-c2cc(C(C)(C)C)cc3ccc(C(C)(C)C)cc23)cc1C(=O)O. The summed E-state index contributed by atoms with van der Waals surface area (Å²) in [4.78, 5) is 12.2. The average Bonchev–Trinajstić information content (AvgIpc) is 2.85. The molecule has 3 aromatic rings. The van der Waals surface area contributed by atoms with E-state index in [-0.39, 0.29) is 23.0 Å². The number of methoxy groups -OCH3 is 1. The van der Waals surface area contributed by atoms with Crippen LogP contribution in [0.4, 0.5) is 0 Å². The van der Waals surface area contributed by atoms with Gasteiger partial charge in [-0.25, -0.2) is 4.79 Å². The molecule has 0 bridgehead atoms. The zero-order chi connectivity index (χ0) is 27.9. The minimum atomic E-state index is -1.03. The fraction of sp³-hybridized carbons (Fsp3) is 0.469. The molecular weight excluding hydrogens is 480 g/mol. The number of rotatable bonds is 12. The number of aromatic carboxylic acids is 1. The molecule has 6 heteroatoms. The quantitative estimate of drug-likeness (QED) is 0.262. The molecule has 0 saturated heterocycles. The van der Waals surface area contributed by atoms with Crippen molar-refractivity contribution in [1.82, 2.24) is 0 Å². The molecule has 0 aliphatic rings. The van der Waals surface area contributed by atoms with Crippen LogP contribution < -0.4 is 4.74 Å². The largest absolute Gasteiger partial charge is 0.490 e. The highest BCUT2D eigenvalue weighted by Gasteiger charge is 2.21. The zero-order valence-corrected chi connectivity index (χ0v) is 23.8.